The molecule has 1 aliphatic rings. The van der Waals surface area contributed by atoms with Gasteiger partial charge in [-0.25, -0.2) is 4.98 Å². The van der Waals surface area contributed by atoms with E-state index in [0.29, 0.717) is 23.7 Å². The normalized spacial score (nSPS) is 25.1. The standard InChI is InChI=1S/C18H22N6O3/c19-16-13-17(24(9-21-13)11-8-12(25)15(27)14(11)26)23-18(22-16)20-7-6-10-4-2-1-3-5-10/h1-5,9,11-12,14-15,25-27H,6-8H2,(H3,19,20,22,23). The fourth-order valence-electron chi connectivity index (χ4n) is 3.48. The number of hydrogen-bond acceptors (Lipinski definition) is 8. The first kappa shape index (κ1) is 17.7. The van der Waals surface area contributed by atoms with E-state index >= 15 is 0 Å². The third-order valence-corrected chi connectivity index (χ3v) is 4.97. The number of aliphatic hydroxyl groups excluding tert-OH is 3. The van der Waals surface area contributed by atoms with E-state index in [9.17, 15) is 15.3 Å². The SMILES string of the molecule is Nc1nc(NCCc2ccccc2)nc2c1ncn2C1CC(O)C(O)C1O. The highest BCUT2D eigenvalue weighted by atomic mass is 16.4. The summed E-state index contributed by atoms with van der Waals surface area (Å²) in [4.78, 5) is 12.9. The molecule has 1 saturated carbocycles. The van der Waals surface area contributed by atoms with Gasteiger partial charge in [0, 0.05) is 6.54 Å². The van der Waals surface area contributed by atoms with Gasteiger partial charge in [-0.15, -0.1) is 0 Å². The van der Waals surface area contributed by atoms with Crippen LogP contribution in [0, 0.1) is 0 Å². The van der Waals surface area contributed by atoms with Crippen LogP contribution in [0.15, 0.2) is 36.7 Å². The lowest BCUT2D eigenvalue weighted by atomic mass is 10.1. The number of benzene rings is 1. The molecule has 0 bridgehead atoms. The third-order valence-electron chi connectivity index (χ3n) is 4.97. The monoisotopic (exact) mass is 370 g/mol. The number of aliphatic hydroxyl groups is 3. The van der Waals surface area contributed by atoms with Gasteiger partial charge < -0.3 is 30.9 Å². The summed E-state index contributed by atoms with van der Waals surface area (Å²) in [6.07, 6.45) is -0.791. The molecule has 1 aromatic carbocycles. The van der Waals surface area contributed by atoms with E-state index in [1.54, 1.807) is 4.57 Å². The van der Waals surface area contributed by atoms with E-state index in [1.807, 2.05) is 30.3 Å². The lowest BCUT2D eigenvalue weighted by Gasteiger charge is -2.18. The van der Waals surface area contributed by atoms with Crippen LogP contribution in [0.4, 0.5) is 11.8 Å². The van der Waals surface area contributed by atoms with Crippen LogP contribution in [0.1, 0.15) is 18.0 Å². The Morgan fingerprint density at radius 2 is 1.89 bits per heavy atom. The average molecular weight is 370 g/mol. The predicted molar refractivity (Wildman–Crippen MR) is 100 cm³/mol. The van der Waals surface area contributed by atoms with Gasteiger partial charge >= 0.3 is 0 Å². The number of rotatable bonds is 5. The highest BCUT2D eigenvalue weighted by Crippen LogP contribution is 2.33. The molecule has 3 aromatic rings. The number of aromatic nitrogens is 4. The molecule has 6 N–H and O–H groups in total. The van der Waals surface area contributed by atoms with Crippen molar-refractivity contribution >= 4 is 22.9 Å². The minimum atomic E-state index is -1.20. The lowest BCUT2D eigenvalue weighted by molar-refractivity contribution is -0.0244. The summed E-state index contributed by atoms with van der Waals surface area (Å²) in [5, 5.41) is 33.0. The molecule has 142 valence electrons. The Labute approximate surface area is 155 Å². The van der Waals surface area contributed by atoms with Gasteiger partial charge in [0.2, 0.25) is 5.95 Å². The lowest BCUT2D eigenvalue weighted by Crippen LogP contribution is -2.31. The molecular formula is C18H22N6O3. The van der Waals surface area contributed by atoms with Crippen LogP contribution in [-0.2, 0) is 6.42 Å². The van der Waals surface area contributed by atoms with Crippen molar-refractivity contribution in [2.45, 2.75) is 37.2 Å². The van der Waals surface area contributed by atoms with Crippen LogP contribution in [-0.4, -0.2) is 59.7 Å². The molecule has 27 heavy (non-hydrogen) atoms. The molecule has 0 radical (unpaired) electrons. The Hall–Kier alpha value is -2.75. The Morgan fingerprint density at radius 3 is 2.59 bits per heavy atom. The number of imidazole rings is 1. The van der Waals surface area contributed by atoms with Gasteiger partial charge in [-0.05, 0) is 18.4 Å². The second-order valence-electron chi connectivity index (χ2n) is 6.77. The van der Waals surface area contributed by atoms with Crippen LogP contribution in [0.3, 0.4) is 0 Å². The number of fused-ring (bicyclic) bond motifs is 1. The average Bonchev–Trinajstić information content (AvgIpc) is 3.19. The molecule has 9 nitrogen and oxygen atoms in total. The van der Waals surface area contributed by atoms with E-state index in [0.717, 1.165) is 6.42 Å². The van der Waals surface area contributed by atoms with Gasteiger partial charge in [-0.2, -0.15) is 9.97 Å². The zero-order valence-electron chi connectivity index (χ0n) is 14.6. The van der Waals surface area contributed by atoms with Crippen molar-refractivity contribution < 1.29 is 15.3 Å². The minimum absolute atomic E-state index is 0.203. The maximum absolute atomic E-state index is 10.2. The van der Waals surface area contributed by atoms with Crippen LogP contribution in [0.25, 0.3) is 11.2 Å². The van der Waals surface area contributed by atoms with Crippen molar-refractivity contribution in [3.63, 3.8) is 0 Å². The molecular weight excluding hydrogens is 348 g/mol. The first-order valence-corrected chi connectivity index (χ1v) is 8.86. The Bertz CT molecular complexity index is 931. The fourth-order valence-corrected chi connectivity index (χ4v) is 3.48. The number of nitrogens with two attached hydrogens (primary N) is 1. The van der Waals surface area contributed by atoms with E-state index in [1.165, 1.54) is 11.9 Å². The molecule has 1 fully saturated rings. The first-order valence-electron chi connectivity index (χ1n) is 8.86. The van der Waals surface area contributed by atoms with Gasteiger partial charge in [0.25, 0.3) is 0 Å². The van der Waals surface area contributed by atoms with E-state index in [-0.39, 0.29) is 12.2 Å². The zero-order valence-corrected chi connectivity index (χ0v) is 14.6. The van der Waals surface area contributed by atoms with Gasteiger partial charge in [0.1, 0.15) is 17.7 Å². The molecule has 4 unspecified atom stereocenters. The largest absolute Gasteiger partial charge is 0.390 e. The summed E-state index contributed by atoms with van der Waals surface area (Å²) in [6.45, 7) is 0.632. The van der Waals surface area contributed by atoms with Crippen LogP contribution < -0.4 is 11.1 Å². The summed E-state index contributed by atoms with van der Waals surface area (Å²) in [5.74, 6) is 0.598. The molecule has 4 rings (SSSR count). The summed E-state index contributed by atoms with van der Waals surface area (Å²) < 4.78 is 1.64. The quantitative estimate of drug-likeness (QED) is 0.425. The van der Waals surface area contributed by atoms with Crippen molar-refractivity contribution in [2.24, 2.45) is 0 Å². The van der Waals surface area contributed by atoms with Gasteiger partial charge in [-0.1, -0.05) is 30.3 Å². The van der Waals surface area contributed by atoms with Gasteiger partial charge in [-0.3, -0.25) is 0 Å². The van der Waals surface area contributed by atoms with Crippen molar-refractivity contribution in [1.82, 2.24) is 19.5 Å². The Balaban J connectivity index is 1.57. The van der Waals surface area contributed by atoms with Crippen LogP contribution >= 0.6 is 0 Å². The zero-order chi connectivity index (χ0) is 19.0. The van der Waals surface area contributed by atoms with Crippen molar-refractivity contribution in [2.75, 3.05) is 17.6 Å². The Kier molecular flexibility index (Phi) is 4.65. The topological polar surface area (TPSA) is 142 Å². The number of hydrogen-bond donors (Lipinski definition) is 5. The molecule has 1 aliphatic carbocycles. The highest BCUT2D eigenvalue weighted by molar-refractivity contribution is 5.83. The molecule has 9 heteroatoms. The summed E-state index contributed by atoms with van der Waals surface area (Å²) >= 11 is 0. The van der Waals surface area contributed by atoms with Crippen molar-refractivity contribution in [3.05, 3.63) is 42.2 Å². The van der Waals surface area contributed by atoms with Crippen molar-refractivity contribution in [1.29, 1.82) is 0 Å². The molecule has 2 heterocycles. The van der Waals surface area contributed by atoms with E-state index in [2.05, 4.69) is 20.3 Å². The molecule has 2 aromatic heterocycles. The predicted octanol–water partition coefficient (Wildman–Crippen LogP) is 0.0906. The number of nitrogens with one attached hydrogen (secondary N) is 1. The number of nitrogen functional groups attached to an aromatic ring is 1. The molecule has 0 saturated heterocycles. The van der Waals surface area contributed by atoms with E-state index < -0.39 is 24.4 Å². The minimum Gasteiger partial charge on any atom is -0.390 e. The molecule has 0 amide bonds. The van der Waals surface area contributed by atoms with Crippen LogP contribution in [0.5, 0.6) is 0 Å². The summed E-state index contributed by atoms with van der Waals surface area (Å²) in [6, 6.07) is 9.52. The Morgan fingerprint density at radius 1 is 1.11 bits per heavy atom. The summed E-state index contributed by atoms with van der Waals surface area (Å²) in [5.41, 5.74) is 8.09. The van der Waals surface area contributed by atoms with Gasteiger partial charge in [0.05, 0.1) is 18.5 Å². The first-order chi connectivity index (χ1) is 13.0. The number of anilines is 2. The van der Waals surface area contributed by atoms with Crippen molar-refractivity contribution in [3.8, 4) is 0 Å². The second-order valence-corrected chi connectivity index (χ2v) is 6.77. The molecule has 4 atom stereocenters. The van der Waals surface area contributed by atoms with Crippen LogP contribution in [0.2, 0.25) is 0 Å². The maximum atomic E-state index is 10.2. The highest BCUT2D eigenvalue weighted by Gasteiger charge is 2.42. The smallest absolute Gasteiger partial charge is 0.226 e. The fraction of sp³-hybridized carbons (Fsp3) is 0.389. The summed E-state index contributed by atoms with van der Waals surface area (Å²) in [7, 11) is 0. The molecule has 0 aliphatic heterocycles. The molecule has 0 spiro atoms. The second kappa shape index (κ2) is 7.10. The third kappa shape index (κ3) is 3.32. The van der Waals surface area contributed by atoms with E-state index in [4.69, 9.17) is 5.73 Å². The number of nitrogens with zero attached hydrogens (tertiary/aromatic N) is 4. The maximum Gasteiger partial charge on any atom is 0.226 e. The van der Waals surface area contributed by atoms with Gasteiger partial charge in [0.15, 0.2) is 11.5 Å².